The summed E-state index contributed by atoms with van der Waals surface area (Å²) in [5.74, 6) is 0.109. The van der Waals surface area contributed by atoms with Crippen LogP contribution < -0.4 is 28.1 Å². The van der Waals surface area contributed by atoms with Gasteiger partial charge in [0.1, 0.15) is 0 Å². The zero-order chi connectivity index (χ0) is 20.4. The molecule has 0 aliphatic heterocycles. The van der Waals surface area contributed by atoms with Crippen LogP contribution in [0.4, 0.5) is 0 Å². The average molecular weight is 541 g/mol. The Morgan fingerprint density at radius 2 is 1.38 bits per heavy atom. The van der Waals surface area contributed by atoms with Crippen molar-refractivity contribution in [2.45, 2.75) is 112 Å². The molecular formula is C23H44Cl2NOSiZr. The van der Waals surface area contributed by atoms with E-state index >= 15 is 0 Å². The molecule has 1 rings (SSSR count). The molecule has 1 aliphatic rings. The summed E-state index contributed by atoms with van der Waals surface area (Å²) >= 11 is -1.99. The van der Waals surface area contributed by atoms with E-state index in [0.717, 1.165) is 12.8 Å². The van der Waals surface area contributed by atoms with Crippen LogP contribution in [0.3, 0.4) is 0 Å². The third-order valence-electron chi connectivity index (χ3n) is 6.29. The number of nitrogens with one attached hydrogen (secondary N) is 1. The predicted molar refractivity (Wildman–Crippen MR) is 119 cm³/mol. The van der Waals surface area contributed by atoms with Crippen molar-refractivity contribution in [3.63, 3.8) is 0 Å². The van der Waals surface area contributed by atoms with Crippen molar-refractivity contribution in [2.75, 3.05) is 0 Å². The maximum Gasteiger partial charge on any atom is -1.00 e. The van der Waals surface area contributed by atoms with Crippen LogP contribution in [0, 0.1) is 5.92 Å². The van der Waals surface area contributed by atoms with E-state index in [9.17, 15) is 4.79 Å². The third-order valence-corrected chi connectivity index (χ3v) is 23.4. The molecule has 0 bridgehead atoms. The second kappa shape index (κ2) is 17.2. The van der Waals surface area contributed by atoms with Crippen LogP contribution in [0.2, 0.25) is 13.1 Å². The first kappa shape index (κ1) is 31.8. The van der Waals surface area contributed by atoms with Crippen molar-refractivity contribution in [1.82, 2.24) is 3.26 Å². The molecule has 0 aromatic heterocycles. The molecule has 2 nitrogen and oxygen atoms in total. The first-order valence-electron chi connectivity index (χ1n) is 11.4. The first-order chi connectivity index (χ1) is 12.8. The molecule has 0 aromatic rings. The fourth-order valence-corrected chi connectivity index (χ4v) is 20.0. The van der Waals surface area contributed by atoms with Gasteiger partial charge >= 0.3 is 172 Å². The fraction of sp³-hybridized carbons (Fsp3) is 0.783. The van der Waals surface area contributed by atoms with Gasteiger partial charge in [-0.15, -0.1) is 0 Å². The van der Waals surface area contributed by atoms with E-state index < -0.39 is 27.1 Å². The van der Waals surface area contributed by atoms with Crippen LogP contribution in [-0.4, -0.2) is 11.8 Å². The molecule has 1 atom stereocenters. The Morgan fingerprint density at radius 1 is 0.897 bits per heavy atom. The monoisotopic (exact) mass is 538 g/mol. The molecule has 0 aromatic carbocycles. The van der Waals surface area contributed by atoms with Gasteiger partial charge in [-0.25, -0.2) is 0 Å². The Balaban J connectivity index is 0. The van der Waals surface area contributed by atoms with E-state index in [1.54, 1.807) is 3.28 Å². The molecule has 1 unspecified atom stereocenters. The fourth-order valence-electron chi connectivity index (χ4n) is 4.13. The van der Waals surface area contributed by atoms with Gasteiger partial charge in [0.15, 0.2) is 0 Å². The van der Waals surface area contributed by atoms with E-state index in [1.807, 2.05) is 0 Å². The van der Waals surface area contributed by atoms with Gasteiger partial charge < -0.3 is 24.8 Å². The molecule has 169 valence electrons. The van der Waals surface area contributed by atoms with Crippen molar-refractivity contribution in [1.29, 1.82) is 0 Å². The van der Waals surface area contributed by atoms with Crippen LogP contribution in [-0.2, 0) is 26.0 Å². The largest absolute Gasteiger partial charge is 1.00 e. The number of carbonyl (C=O) groups excluding carboxylic acids is 1. The maximum absolute atomic E-state index is 12.6. The number of carbonyl (C=O) groups is 1. The number of hydrogen-bond acceptors (Lipinski definition) is 1. The Morgan fingerprint density at radius 3 is 1.79 bits per heavy atom. The summed E-state index contributed by atoms with van der Waals surface area (Å²) < 4.78 is 5.31. The van der Waals surface area contributed by atoms with Gasteiger partial charge in [0.2, 0.25) is 0 Å². The maximum atomic E-state index is 12.6. The van der Waals surface area contributed by atoms with Gasteiger partial charge in [-0.1, -0.05) is 6.92 Å². The standard InChI is InChI=1S/C12H25NO.C9H13.C2H7Si.2ClH.Zr/c1-2-3-4-5-6-7-8-9-10-11-12(13)14;1-6-5-7(2)9(4)8(6)3;1-3-2;;;/h2-11H2,1H3,(H2,13,14);6H,1-4H3;3H,1-2H3;2*1H;/q;;;;;+3/p-3. The minimum atomic E-state index is -1.99. The number of halogens is 2. The molecule has 0 spiro atoms. The Kier molecular flexibility index (Phi) is 18.9. The van der Waals surface area contributed by atoms with E-state index in [1.165, 1.54) is 68.1 Å². The van der Waals surface area contributed by atoms with Crippen molar-refractivity contribution in [3.05, 3.63) is 20.0 Å². The van der Waals surface area contributed by atoms with E-state index in [0.29, 0.717) is 11.8 Å². The summed E-state index contributed by atoms with van der Waals surface area (Å²) in [7, 11) is 0. The van der Waals surface area contributed by atoms with Gasteiger partial charge in [0.25, 0.3) is 0 Å². The van der Waals surface area contributed by atoms with Crippen molar-refractivity contribution in [2.24, 2.45) is 5.92 Å². The molecule has 0 saturated carbocycles. The quantitative estimate of drug-likeness (QED) is 0.272. The van der Waals surface area contributed by atoms with Crippen LogP contribution in [0.15, 0.2) is 20.0 Å². The Bertz CT molecular complexity index is 549. The molecule has 0 fully saturated rings. The number of rotatable bonds is 13. The molecule has 29 heavy (non-hydrogen) atoms. The van der Waals surface area contributed by atoms with Gasteiger partial charge in [-0.3, -0.25) is 0 Å². The summed E-state index contributed by atoms with van der Waals surface area (Å²) in [4.78, 5) is 12.6. The molecule has 0 radical (unpaired) electrons. The van der Waals surface area contributed by atoms with Crippen LogP contribution in [0.1, 0.15) is 98.8 Å². The second-order valence-electron chi connectivity index (χ2n) is 8.76. The summed E-state index contributed by atoms with van der Waals surface area (Å²) in [5.41, 5.74) is 4.53. The average Bonchev–Trinajstić information content (AvgIpc) is 2.81. The van der Waals surface area contributed by atoms with Gasteiger partial charge in [0.05, 0.1) is 0 Å². The van der Waals surface area contributed by atoms with E-state index in [-0.39, 0.29) is 24.8 Å². The molecule has 1 aliphatic carbocycles. The molecule has 1 amide bonds. The van der Waals surface area contributed by atoms with Gasteiger partial charge in [-0.2, -0.15) is 0 Å². The van der Waals surface area contributed by atoms with Gasteiger partial charge in [-0.05, 0) is 0 Å². The van der Waals surface area contributed by atoms with Crippen molar-refractivity contribution < 1.29 is 50.8 Å². The first-order valence-corrected chi connectivity index (χ1v) is 21.0. The number of amides is 1. The number of hydrogen-bond donors (Lipinski definition) is 1. The Labute approximate surface area is 202 Å². The van der Waals surface area contributed by atoms with Crippen molar-refractivity contribution >= 4 is 11.8 Å². The predicted octanol–water partition coefficient (Wildman–Crippen LogP) is 0.808. The topological polar surface area (TPSA) is 29.1 Å². The minimum Gasteiger partial charge on any atom is -1.00 e. The van der Waals surface area contributed by atoms with Crippen LogP contribution in [0.25, 0.3) is 0 Å². The number of allylic oxidation sites excluding steroid dienone is 4. The van der Waals surface area contributed by atoms with E-state index in [4.69, 9.17) is 0 Å². The molecular weight excluding hydrogens is 496 g/mol. The molecule has 0 saturated heterocycles. The SMILES string of the molecule is CCCCCCCCCCCC(=O)[NH][Zr+2]([C]1=C(C)C(C)=C(C)C1C)[SiH](C)C.[Cl-].[Cl-]. The molecule has 0 heterocycles. The van der Waals surface area contributed by atoms with Crippen LogP contribution in [0.5, 0.6) is 0 Å². The summed E-state index contributed by atoms with van der Waals surface area (Å²) in [5, 5.41) is 0. The van der Waals surface area contributed by atoms with E-state index in [2.05, 4.69) is 51.0 Å². The minimum absolute atomic E-state index is 0. The third kappa shape index (κ3) is 10.7. The zero-order valence-corrected chi connectivity index (χ0v) is 25.0. The molecule has 1 N–H and O–H groups in total. The van der Waals surface area contributed by atoms with Crippen molar-refractivity contribution in [3.8, 4) is 0 Å². The molecule has 6 heteroatoms. The second-order valence-corrected chi connectivity index (χ2v) is 27.0. The Hall–Kier alpha value is 0.630. The zero-order valence-electron chi connectivity index (χ0n) is 19.9. The smallest absolute Gasteiger partial charge is 1.00 e. The van der Waals surface area contributed by atoms with Gasteiger partial charge in [0, 0.05) is 0 Å². The summed E-state index contributed by atoms with van der Waals surface area (Å²) in [6, 6.07) is 0. The summed E-state index contributed by atoms with van der Waals surface area (Å²) in [6.45, 7) is 16.4. The normalized spacial score (nSPS) is 16.1. The van der Waals surface area contributed by atoms with Crippen LogP contribution >= 0.6 is 0 Å². The summed E-state index contributed by atoms with van der Waals surface area (Å²) in [6.07, 6.45) is 12.5. The number of unbranched alkanes of at least 4 members (excludes halogenated alkanes) is 8.